The van der Waals surface area contributed by atoms with Crippen LogP contribution in [0.5, 0.6) is 0 Å². The number of β-amino-alcohol motifs (C(OH)–C–C–N with tert-alkyl or cyclic N) is 1. The van der Waals surface area contributed by atoms with Crippen LogP contribution in [-0.2, 0) is 9.53 Å². The Morgan fingerprint density at radius 3 is 2.53 bits per heavy atom. The first kappa shape index (κ1) is 12.5. The zero-order valence-electron chi connectivity index (χ0n) is 9.99. The molecule has 0 aromatic heterocycles. The van der Waals surface area contributed by atoms with Crippen LogP contribution in [0.1, 0.15) is 34.1 Å². The number of likely N-dealkylation sites (tertiary alicyclic amines) is 1. The summed E-state index contributed by atoms with van der Waals surface area (Å²) in [4.78, 5) is 13.7. The summed E-state index contributed by atoms with van der Waals surface area (Å²) < 4.78 is 5.28. The van der Waals surface area contributed by atoms with Crippen molar-refractivity contribution < 1.29 is 14.6 Å². The van der Waals surface area contributed by atoms with Crippen molar-refractivity contribution in [3.63, 3.8) is 0 Å². The molecule has 0 aromatic rings. The van der Waals surface area contributed by atoms with Crippen molar-refractivity contribution in [2.75, 3.05) is 13.1 Å². The van der Waals surface area contributed by atoms with E-state index in [9.17, 15) is 9.90 Å². The van der Waals surface area contributed by atoms with Gasteiger partial charge < -0.3 is 9.84 Å². The minimum absolute atomic E-state index is 0.211. The average Bonchev–Trinajstić information content (AvgIpc) is 2.47. The summed E-state index contributed by atoms with van der Waals surface area (Å²) >= 11 is 0. The molecule has 0 spiro atoms. The molecular weight excluding hydrogens is 194 g/mol. The van der Waals surface area contributed by atoms with Gasteiger partial charge in [0.25, 0.3) is 0 Å². The predicted octanol–water partition coefficient (Wildman–Crippen LogP) is 0.783. The molecule has 1 fully saturated rings. The lowest BCUT2D eigenvalue weighted by Gasteiger charge is -2.27. The first-order chi connectivity index (χ1) is 6.79. The van der Waals surface area contributed by atoms with Crippen LogP contribution in [0, 0.1) is 0 Å². The maximum atomic E-state index is 11.7. The van der Waals surface area contributed by atoms with Gasteiger partial charge in [-0.2, -0.15) is 0 Å². The molecular formula is C11H21NO3. The van der Waals surface area contributed by atoms with Crippen molar-refractivity contribution in [2.45, 2.75) is 51.9 Å². The summed E-state index contributed by atoms with van der Waals surface area (Å²) in [6.45, 7) is 8.73. The van der Waals surface area contributed by atoms with Crippen LogP contribution < -0.4 is 0 Å². The molecule has 1 aliphatic rings. The van der Waals surface area contributed by atoms with E-state index in [-0.39, 0.29) is 18.1 Å². The van der Waals surface area contributed by atoms with Crippen LogP contribution in [0.25, 0.3) is 0 Å². The summed E-state index contributed by atoms with van der Waals surface area (Å²) in [6.07, 6.45) is 0.447. The van der Waals surface area contributed by atoms with Crippen molar-refractivity contribution in [1.82, 2.24) is 4.90 Å². The molecule has 1 rings (SSSR count). The van der Waals surface area contributed by atoms with Crippen LogP contribution >= 0.6 is 0 Å². The number of aliphatic hydroxyl groups excluding tert-OH is 1. The third kappa shape index (κ3) is 3.80. The number of esters is 1. The Bertz CT molecular complexity index is 234. The predicted molar refractivity (Wildman–Crippen MR) is 57.5 cm³/mol. The molecule has 0 amide bonds. The second kappa shape index (κ2) is 4.49. The first-order valence-electron chi connectivity index (χ1n) is 5.44. The molecule has 0 bridgehead atoms. The van der Waals surface area contributed by atoms with Crippen molar-refractivity contribution >= 4 is 5.97 Å². The fourth-order valence-electron chi connectivity index (χ4n) is 1.66. The Hall–Kier alpha value is -0.610. The molecule has 2 atom stereocenters. The van der Waals surface area contributed by atoms with E-state index in [0.29, 0.717) is 6.54 Å². The van der Waals surface area contributed by atoms with Gasteiger partial charge in [-0.05, 0) is 34.1 Å². The zero-order chi connectivity index (χ0) is 11.6. The number of carbonyl (C=O) groups excluding carboxylic acids is 1. The van der Waals surface area contributed by atoms with Crippen LogP contribution in [0.2, 0.25) is 0 Å². The number of hydrogen-bond acceptors (Lipinski definition) is 4. The number of rotatable bonds is 2. The Morgan fingerprint density at radius 1 is 1.53 bits per heavy atom. The lowest BCUT2D eigenvalue weighted by molar-refractivity contribution is -0.160. The van der Waals surface area contributed by atoms with Gasteiger partial charge in [-0.3, -0.25) is 9.69 Å². The molecule has 88 valence electrons. The van der Waals surface area contributed by atoms with E-state index < -0.39 is 5.60 Å². The minimum Gasteiger partial charge on any atom is -0.459 e. The van der Waals surface area contributed by atoms with E-state index in [1.165, 1.54) is 0 Å². The highest BCUT2D eigenvalue weighted by Crippen LogP contribution is 2.16. The smallest absolute Gasteiger partial charge is 0.323 e. The molecule has 1 N–H and O–H groups in total. The van der Waals surface area contributed by atoms with Gasteiger partial charge in [-0.25, -0.2) is 0 Å². The molecule has 1 saturated heterocycles. The van der Waals surface area contributed by atoms with Crippen LogP contribution in [0.15, 0.2) is 0 Å². The summed E-state index contributed by atoms with van der Waals surface area (Å²) in [6, 6.07) is -0.263. The highest BCUT2D eigenvalue weighted by Gasteiger charge is 2.31. The van der Waals surface area contributed by atoms with E-state index in [2.05, 4.69) is 0 Å². The van der Waals surface area contributed by atoms with Gasteiger partial charge in [-0.1, -0.05) is 0 Å². The van der Waals surface area contributed by atoms with Gasteiger partial charge >= 0.3 is 5.97 Å². The van der Waals surface area contributed by atoms with Gasteiger partial charge in [0.1, 0.15) is 11.6 Å². The fourth-order valence-corrected chi connectivity index (χ4v) is 1.66. The normalized spacial score (nSPS) is 25.3. The summed E-state index contributed by atoms with van der Waals surface area (Å²) in [7, 11) is 0. The molecule has 0 radical (unpaired) electrons. The van der Waals surface area contributed by atoms with Crippen LogP contribution in [0.4, 0.5) is 0 Å². The fraction of sp³-hybridized carbons (Fsp3) is 0.909. The highest BCUT2D eigenvalue weighted by molar-refractivity contribution is 5.75. The molecule has 1 aliphatic heterocycles. The topological polar surface area (TPSA) is 49.8 Å². The van der Waals surface area contributed by atoms with Crippen molar-refractivity contribution in [1.29, 1.82) is 0 Å². The van der Waals surface area contributed by atoms with Crippen molar-refractivity contribution in [3.8, 4) is 0 Å². The number of carbonyl (C=O) groups is 1. The second-order valence-corrected chi connectivity index (χ2v) is 5.15. The third-order valence-corrected chi connectivity index (χ3v) is 2.49. The van der Waals surface area contributed by atoms with E-state index in [1.54, 1.807) is 0 Å². The quantitative estimate of drug-likeness (QED) is 0.692. The Balaban J connectivity index is 2.46. The number of ether oxygens (including phenoxy) is 1. The summed E-state index contributed by atoms with van der Waals surface area (Å²) in [5, 5.41) is 9.37. The monoisotopic (exact) mass is 215 g/mol. The van der Waals surface area contributed by atoms with Crippen LogP contribution in [0.3, 0.4) is 0 Å². The van der Waals surface area contributed by atoms with E-state index in [0.717, 1.165) is 13.0 Å². The lowest BCUT2D eigenvalue weighted by atomic mass is 10.2. The molecule has 0 aliphatic carbocycles. The third-order valence-electron chi connectivity index (χ3n) is 2.49. The zero-order valence-corrected chi connectivity index (χ0v) is 9.99. The van der Waals surface area contributed by atoms with Gasteiger partial charge in [0, 0.05) is 13.1 Å². The molecule has 1 unspecified atom stereocenters. The summed E-state index contributed by atoms with van der Waals surface area (Å²) in [5.74, 6) is -0.211. The minimum atomic E-state index is -0.441. The first-order valence-corrected chi connectivity index (χ1v) is 5.44. The average molecular weight is 215 g/mol. The molecule has 0 aromatic carbocycles. The van der Waals surface area contributed by atoms with Crippen molar-refractivity contribution in [3.05, 3.63) is 0 Å². The van der Waals surface area contributed by atoms with Gasteiger partial charge in [0.15, 0.2) is 0 Å². The standard InChI is InChI=1S/C11H21NO3/c1-8(10(14)15-11(2,3)4)12-6-5-9(13)7-12/h8-9,13H,5-7H2,1-4H3/t8-,9?/m0/s1. The Labute approximate surface area is 91.2 Å². The van der Waals surface area contributed by atoms with E-state index in [1.807, 2.05) is 32.6 Å². The van der Waals surface area contributed by atoms with Crippen molar-refractivity contribution in [2.24, 2.45) is 0 Å². The van der Waals surface area contributed by atoms with Gasteiger partial charge in [-0.15, -0.1) is 0 Å². The number of nitrogens with zero attached hydrogens (tertiary/aromatic N) is 1. The van der Waals surface area contributed by atoms with Gasteiger partial charge in [0.2, 0.25) is 0 Å². The van der Waals surface area contributed by atoms with E-state index >= 15 is 0 Å². The lowest BCUT2D eigenvalue weighted by Crippen LogP contribution is -2.41. The summed E-state index contributed by atoms with van der Waals surface area (Å²) in [5.41, 5.74) is -0.441. The SMILES string of the molecule is C[C@@H](C(=O)OC(C)(C)C)N1CCC(O)C1. The molecule has 0 saturated carbocycles. The highest BCUT2D eigenvalue weighted by atomic mass is 16.6. The maximum Gasteiger partial charge on any atom is 0.323 e. The van der Waals surface area contributed by atoms with Gasteiger partial charge in [0.05, 0.1) is 6.10 Å². The molecule has 1 heterocycles. The molecule has 15 heavy (non-hydrogen) atoms. The molecule has 4 nitrogen and oxygen atoms in total. The van der Waals surface area contributed by atoms with E-state index in [4.69, 9.17) is 4.74 Å². The number of aliphatic hydroxyl groups is 1. The van der Waals surface area contributed by atoms with Crippen LogP contribution in [-0.4, -0.2) is 46.8 Å². The Kier molecular flexibility index (Phi) is 3.73. The maximum absolute atomic E-state index is 11.7. The Morgan fingerprint density at radius 2 is 2.13 bits per heavy atom. The molecule has 4 heteroatoms. The largest absolute Gasteiger partial charge is 0.459 e. The second-order valence-electron chi connectivity index (χ2n) is 5.15. The number of hydrogen-bond donors (Lipinski definition) is 1.